The van der Waals surface area contributed by atoms with Crippen LogP contribution in [0.5, 0.6) is 0 Å². The van der Waals surface area contributed by atoms with Gasteiger partial charge in [0.05, 0.1) is 6.54 Å². The van der Waals surface area contributed by atoms with Crippen LogP contribution in [0, 0.1) is 11.6 Å². The number of nitrogens with one attached hydrogen (secondary N) is 2. The van der Waals surface area contributed by atoms with Crippen LogP contribution in [0.1, 0.15) is 11.3 Å². The van der Waals surface area contributed by atoms with Gasteiger partial charge < -0.3 is 15.2 Å². The molecule has 0 fully saturated rings. The molecule has 2 N–H and O–H groups in total. The molecule has 2 aromatic carbocycles. The summed E-state index contributed by atoms with van der Waals surface area (Å²) in [5.74, 6) is -0.625. The highest BCUT2D eigenvalue weighted by atomic mass is 19.1. The van der Waals surface area contributed by atoms with E-state index in [4.69, 9.17) is 0 Å². The second-order valence-electron chi connectivity index (χ2n) is 5.57. The lowest BCUT2D eigenvalue weighted by molar-refractivity contribution is 0.251. The van der Waals surface area contributed by atoms with Crippen molar-refractivity contribution >= 4 is 11.7 Å². The van der Waals surface area contributed by atoms with Crippen LogP contribution in [-0.2, 0) is 13.1 Å². The average Bonchev–Trinajstić information content (AvgIpc) is 3.04. The Hall–Kier alpha value is -3.15. The van der Waals surface area contributed by atoms with Gasteiger partial charge in [0.2, 0.25) is 0 Å². The van der Waals surface area contributed by atoms with Gasteiger partial charge in [0.15, 0.2) is 0 Å². The van der Waals surface area contributed by atoms with Crippen LogP contribution in [0.15, 0.2) is 66.9 Å². The molecule has 0 aliphatic carbocycles. The minimum absolute atomic E-state index is 0.268. The van der Waals surface area contributed by atoms with Gasteiger partial charge in [-0.1, -0.05) is 12.1 Å². The van der Waals surface area contributed by atoms with Gasteiger partial charge in [0, 0.05) is 24.1 Å². The molecule has 0 aliphatic rings. The zero-order chi connectivity index (χ0) is 17.6. The van der Waals surface area contributed by atoms with Crippen molar-refractivity contribution in [3.05, 3.63) is 89.8 Å². The molecule has 128 valence electrons. The fraction of sp³-hybridized carbons (Fsp3) is 0.105. The predicted molar refractivity (Wildman–Crippen MR) is 92.2 cm³/mol. The van der Waals surface area contributed by atoms with Gasteiger partial charge in [-0.25, -0.2) is 13.6 Å². The number of hydrogen-bond donors (Lipinski definition) is 2. The monoisotopic (exact) mass is 341 g/mol. The van der Waals surface area contributed by atoms with E-state index in [1.54, 1.807) is 12.1 Å². The minimum atomic E-state index is -0.374. The van der Waals surface area contributed by atoms with E-state index in [9.17, 15) is 13.6 Å². The summed E-state index contributed by atoms with van der Waals surface area (Å²) in [6.07, 6.45) is 1.90. The van der Waals surface area contributed by atoms with E-state index in [0.717, 1.165) is 11.3 Å². The van der Waals surface area contributed by atoms with Gasteiger partial charge in [-0.3, -0.25) is 0 Å². The van der Waals surface area contributed by atoms with Crippen LogP contribution >= 0.6 is 0 Å². The molecule has 6 heteroatoms. The van der Waals surface area contributed by atoms with E-state index >= 15 is 0 Å². The number of carbonyl (C=O) groups is 1. The summed E-state index contributed by atoms with van der Waals surface area (Å²) in [5.41, 5.74) is 2.40. The lowest BCUT2D eigenvalue weighted by atomic mass is 10.2. The van der Waals surface area contributed by atoms with Gasteiger partial charge >= 0.3 is 6.03 Å². The average molecular weight is 341 g/mol. The molecule has 0 atom stereocenters. The Bertz CT molecular complexity index is 842. The SMILES string of the molecule is O=C(NCc1cccn1Cc1ccc(F)cc1)Nc1ccc(F)cc1. The Morgan fingerprint density at radius 2 is 1.56 bits per heavy atom. The first-order valence-corrected chi connectivity index (χ1v) is 7.79. The molecule has 4 nitrogen and oxygen atoms in total. The summed E-state index contributed by atoms with van der Waals surface area (Å²) in [4.78, 5) is 11.9. The van der Waals surface area contributed by atoms with Gasteiger partial charge in [0.1, 0.15) is 11.6 Å². The Labute approximate surface area is 144 Å². The quantitative estimate of drug-likeness (QED) is 0.720. The Kier molecular flexibility index (Phi) is 5.09. The highest BCUT2D eigenvalue weighted by molar-refractivity contribution is 5.89. The molecule has 25 heavy (non-hydrogen) atoms. The number of carbonyl (C=O) groups excluding carboxylic acids is 1. The predicted octanol–water partition coefficient (Wildman–Crippen LogP) is 4.14. The molecule has 0 unspecified atom stereocenters. The summed E-state index contributed by atoms with van der Waals surface area (Å²) >= 11 is 0. The first kappa shape index (κ1) is 16.7. The molecule has 0 aliphatic heterocycles. The highest BCUT2D eigenvalue weighted by Gasteiger charge is 2.06. The van der Waals surface area contributed by atoms with Crippen molar-refractivity contribution in [2.45, 2.75) is 13.1 Å². The normalized spacial score (nSPS) is 10.5. The van der Waals surface area contributed by atoms with E-state index in [1.165, 1.54) is 36.4 Å². The van der Waals surface area contributed by atoms with Gasteiger partial charge in [0.25, 0.3) is 0 Å². The molecule has 0 saturated heterocycles. The number of benzene rings is 2. The van der Waals surface area contributed by atoms with Crippen molar-refractivity contribution in [1.29, 1.82) is 0 Å². The van der Waals surface area contributed by atoms with Crippen molar-refractivity contribution in [1.82, 2.24) is 9.88 Å². The summed E-state index contributed by atoms with van der Waals surface area (Å²) in [7, 11) is 0. The van der Waals surface area contributed by atoms with Crippen LogP contribution < -0.4 is 10.6 Å². The minimum Gasteiger partial charge on any atom is -0.345 e. The number of nitrogens with zero attached hydrogens (tertiary/aromatic N) is 1. The molecule has 3 aromatic rings. The van der Waals surface area contributed by atoms with E-state index in [0.29, 0.717) is 18.8 Å². The summed E-state index contributed by atoms with van der Waals surface area (Å²) < 4.78 is 27.8. The van der Waals surface area contributed by atoms with Crippen molar-refractivity contribution in [2.24, 2.45) is 0 Å². The molecule has 0 saturated carbocycles. The van der Waals surface area contributed by atoms with Crippen molar-refractivity contribution in [3.8, 4) is 0 Å². The number of aromatic nitrogens is 1. The van der Waals surface area contributed by atoms with Crippen molar-refractivity contribution in [3.63, 3.8) is 0 Å². The lowest BCUT2D eigenvalue weighted by Crippen LogP contribution is -2.29. The van der Waals surface area contributed by atoms with Crippen LogP contribution in [0.3, 0.4) is 0 Å². The third kappa shape index (κ3) is 4.67. The third-order valence-corrected chi connectivity index (χ3v) is 3.72. The van der Waals surface area contributed by atoms with Crippen LogP contribution in [0.2, 0.25) is 0 Å². The smallest absolute Gasteiger partial charge is 0.319 e. The lowest BCUT2D eigenvalue weighted by Gasteiger charge is -2.11. The van der Waals surface area contributed by atoms with Gasteiger partial charge in [-0.2, -0.15) is 0 Å². The molecule has 1 aromatic heterocycles. The zero-order valence-corrected chi connectivity index (χ0v) is 13.4. The van der Waals surface area contributed by atoms with E-state index < -0.39 is 0 Å². The maximum Gasteiger partial charge on any atom is 0.319 e. The largest absolute Gasteiger partial charge is 0.345 e. The van der Waals surface area contributed by atoms with Crippen LogP contribution in [0.25, 0.3) is 0 Å². The van der Waals surface area contributed by atoms with E-state index in [2.05, 4.69) is 10.6 Å². The second kappa shape index (κ2) is 7.61. The Balaban J connectivity index is 1.56. The molecule has 0 radical (unpaired) electrons. The number of rotatable bonds is 5. The third-order valence-electron chi connectivity index (χ3n) is 3.72. The highest BCUT2D eigenvalue weighted by Crippen LogP contribution is 2.10. The maximum atomic E-state index is 13.0. The standard InChI is InChI=1S/C19H17F2N3O/c20-15-5-3-14(4-6-15)13-24-11-1-2-18(24)12-22-19(25)23-17-9-7-16(21)8-10-17/h1-11H,12-13H2,(H2,22,23,25). The molecular weight excluding hydrogens is 324 g/mol. The summed E-state index contributed by atoms with van der Waals surface area (Å²) in [6, 6.07) is 15.3. The maximum absolute atomic E-state index is 13.0. The molecule has 3 rings (SSSR count). The first-order chi connectivity index (χ1) is 12.1. The van der Waals surface area contributed by atoms with E-state index in [1.807, 2.05) is 22.9 Å². The number of urea groups is 1. The molecule has 1 heterocycles. The first-order valence-electron chi connectivity index (χ1n) is 7.79. The number of hydrogen-bond acceptors (Lipinski definition) is 1. The fourth-order valence-electron chi connectivity index (χ4n) is 2.43. The van der Waals surface area contributed by atoms with E-state index in [-0.39, 0.29) is 17.7 Å². The fourth-order valence-corrected chi connectivity index (χ4v) is 2.43. The zero-order valence-electron chi connectivity index (χ0n) is 13.4. The molecule has 2 amide bonds. The van der Waals surface area contributed by atoms with Crippen LogP contribution in [0.4, 0.5) is 19.3 Å². The van der Waals surface area contributed by atoms with Crippen LogP contribution in [-0.4, -0.2) is 10.6 Å². The molecule has 0 spiro atoms. The number of amides is 2. The Morgan fingerprint density at radius 3 is 2.24 bits per heavy atom. The van der Waals surface area contributed by atoms with Gasteiger partial charge in [-0.15, -0.1) is 0 Å². The molecular formula is C19H17F2N3O. The van der Waals surface area contributed by atoms with Crippen molar-refractivity contribution < 1.29 is 13.6 Å². The Morgan fingerprint density at radius 1 is 0.920 bits per heavy atom. The second-order valence-corrected chi connectivity index (χ2v) is 5.57. The number of anilines is 1. The topological polar surface area (TPSA) is 46.1 Å². The van der Waals surface area contributed by atoms with Crippen molar-refractivity contribution in [2.75, 3.05) is 5.32 Å². The molecule has 0 bridgehead atoms. The summed E-state index contributed by atoms with van der Waals surface area (Å²) in [6.45, 7) is 0.922. The summed E-state index contributed by atoms with van der Waals surface area (Å²) in [5, 5.41) is 5.40. The number of halogens is 2. The van der Waals surface area contributed by atoms with Gasteiger partial charge in [-0.05, 0) is 54.1 Å².